The van der Waals surface area contributed by atoms with Crippen molar-refractivity contribution >= 4 is 23.9 Å². The number of hydrogen-bond acceptors (Lipinski definition) is 8. The first kappa shape index (κ1) is 27.1. The molecule has 4 atom stereocenters. The van der Waals surface area contributed by atoms with Crippen LogP contribution in [0.2, 0.25) is 0 Å². The highest BCUT2D eigenvalue weighted by Crippen LogP contribution is 2.29. The monoisotopic (exact) mass is 475 g/mol. The van der Waals surface area contributed by atoms with Gasteiger partial charge in [0.1, 0.15) is 23.5 Å². The molecule has 1 heterocycles. The second-order valence-corrected chi connectivity index (χ2v) is 8.26. The zero-order valence-corrected chi connectivity index (χ0v) is 19.7. The molecule has 2 rings (SSSR count). The number of hydrogen-bond donors (Lipinski definition) is 4. The summed E-state index contributed by atoms with van der Waals surface area (Å²) >= 11 is 0. The highest BCUT2D eigenvalue weighted by molar-refractivity contribution is 5.97. The third kappa shape index (κ3) is 7.43. The number of nitrogens with one attached hydrogen (secondary N) is 1. The summed E-state index contributed by atoms with van der Waals surface area (Å²) in [6.07, 6.45) is 3.45. The number of benzene rings is 1. The number of aryl methyl sites for hydroxylation is 1. The summed E-state index contributed by atoms with van der Waals surface area (Å²) in [5.41, 5.74) is 1.18. The molecule has 0 saturated carbocycles. The minimum Gasteiger partial charge on any atom is -0.507 e. The van der Waals surface area contributed by atoms with Gasteiger partial charge in [0.2, 0.25) is 0 Å². The van der Waals surface area contributed by atoms with Crippen molar-refractivity contribution in [2.45, 2.75) is 57.8 Å². The Balaban J connectivity index is 2.35. The molecule has 1 aromatic rings. The summed E-state index contributed by atoms with van der Waals surface area (Å²) in [7, 11) is 1.48. The van der Waals surface area contributed by atoms with Crippen molar-refractivity contribution in [3.8, 4) is 5.75 Å². The summed E-state index contributed by atoms with van der Waals surface area (Å²) < 4.78 is 10.5. The van der Waals surface area contributed by atoms with Crippen LogP contribution in [-0.2, 0) is 20.7 Å². The van der Waals surface area contributed by atoms with E-state index in [2.05, 4.69) is 5.32 Å². The number of carbonyl (C=O) groups is 3. The van der Waals surface area contributed by atoms with Crippen molar-refractivity contribution < 1.29 is 39.2 Å². The van der Waals surface area contributed by atoms with Gasteiger partial charge in [0, 0.05) is 13.0 Å². The maximum absolute atomic E-state index is 13.0. The van der Waals surface area contributed by atoms with E-state index in [0.717, 1.165) is 5.56 Å². The normalized spacial score (nSPS) is 25.4. The van der Waals surface area contributed by atoms with Crippen LogP contribution in [0.25, 0.3) is 6.08 Å². The highest BCUT2D eigenvalue weighted by Gasteiger charge is 2.25. The Morgan fingerprint density at radius 2 is 1.91 bits per heavy atom. The van der Waals surface area contributed by atoms with Crippen LogP contribution < -0.4 is 5.32 Å². The number of alkyl carbamates (subject to hydrolysis) is 1. The fraction of sp³-hybridized carbons (Fsp3) is 0.480. The number of phenolic OH excluding ortho intramolecular Hbond substituents is 1. The molecule has 1 aromatic carbocycles. The standard InChI is InChI=1S/C25H33NO8/c1-15-10-12-21(29)23(30)20(28)9-6-8-18-17(7-4-5-14-33-25(32)26-3)11-13-19(27)22(18)24(31)34-16(15)2/h6,8,10-13,15-16,20,23,27-28,30H,4-5,7,9,14H2,1-3H3,(H,26,32)/b8-6+,12-10-/t15-,16+,20+,23+/m1/s1. The SMILES string of the molecule is CNC(=O)OCCCCc1ccc(O)c2c1/C=C/C[C@H](O)[C@H](O)C(=O)/C=C\[C@@H](C)[C@H](C)OC2=O. The molecule has 0 aromatic heterocycles. The number of ketones is 1. The van der Waals surface area contributed by atoms with Crippen LogP contribution in [0.4, 0.5) is 4.79 Å². The molecule has 0 saturated heterocycles. The Morgan fingerprint density at radius 1 is 1.18 bits per heavy atom. The molecule has 0 bridgehead atoms. The summed E-state index contributed by atoms with van der Waals surface area (Å²) in [5, 5.41) is 33.2. The summed E-state index contributed by atoms with van der Waals surface area (Å²) in [5.74, 6) is -1.95. The predicted molar refractivity (Wildman–Crippen MR) is 125 cm³/mol. The summed E-state index contributed by atoms with van der Waals surface area (Å²) in [6, 6.07) is 3.12. The van der Waals surface area contributed by atoms with Crippen molar-refractivity contribution in [3.63, 3.8) is 0 Å². The lowest BCUT2D eigenvalue weighted by Gasteiger charge is -2.21. The largest absolute Gasteiger partial charge is 0.507 e. The van der Waals surface area contributed by atoms with E-state index in [0.29, 0.717) is 24.8 Å². The van der Waals surface area contributed by atoms with E-state index < -0.39 is 36.2 Å². The van der Waals surface area contributed by atoms with Crippen LogP contribution in [-0.4, -0.2) is 65.1 Å². The van der Waals surface area contributed by atoms with Gasteiger partial charge in [-0.1, -0.05) is 31.2 Å². The van der Waals surface area contributed by atoms with Crippen LogP contribution in [0, 0.1) is 5.92 Å². The number of fused-ring (bicyclic) bond motifs is 1. The zero-order chi connectivity index (χ0) is 25.3. The second-order valence-electron chi connectivity index (χ2n) is 8.26. The number of ether oxygens (including phenoxy) is 2. The number of aromatic hydroxyl groups is 1. The topological polar surface area (TPSA) is 142 Å². The predicted octanol–water partition coefficient (Wildman–Crippen LogP) is 2.52. The molecule has 186 valence electrons. The molecular formula is C25H33NO8. The first-order valence-corrected chi connectivity index (χ1v) is 11.3. The number of amides is 1. The minimum atomic E-state index is -1.59. The van der Waals surface area contributed by atoms with Gasteiger partial charge in [0.05, 0.1) is 12.7 Å². The van der Waals surface area contributed by atoms with Gasteiger partial charge in [0.15, 0.2) is 5.78 Å². The van der Waals surface area contributed by atoms with Crippen LogP contribution in [0.15, 0.2) is 30.4 Å². The molecule has 1 amide bonds. The second kappa shape index (κ2) is 12.9. The van der Waals surface area contributed by atoms with Crippen molar-refractivity contribution in [2.75, 3.05) is 13.7 Å². The summed E-state index contributed by atoms with van der Waals surface area (Å²) in [4.78, 5) is 36.3. The molecule has 0 aliphatic carbocycles. The molecule has 0 spiro atoms. The number of aliphatic hydroxyl groups is 2. The van der Waals surface area contributed by atoms with Crippen molar-refractivity contribution in [1.82, 2.24) is 5.32 Å². The highest BCUT2D eigenvalue weighted by atomic mass is 16.5. The molecule has 34 heavy (non-hydrogen) atoms. The van der Waals surface area contributed by atoms with Crippen LogP contribution >= 0.6 is 0 Å². The van der Waals surface area contributed by atoms with E-state index in [1.165, 1.54) is 31.3 Å². The summed E-state index contributed by atoms with van der Waals surface area (Å²) in [6.45, 7) is 3.64. The molecule has 1 aliphatic rings. The number of rotatable bonds is 5. The molecule has 4 N–H and O–H groups in total. The van der Waals surface area contributed by atoms with Crippen molar-refractivity contribution in [1.29, 1.82) is 0 Å². The maximum Gasteiger partial charge on any atom is 0.406 e. The van der Waals surface area contributed by atoms with E-state index in [9.17, 15) is 29.7 Å². The smallest absolute Gasteiger partial charge is 0.406 e. The number of carbonyl (C=O) groups excluding carboxylic acids is 3. The van der Waals surface area contributed by atoms with Gasteiger partial charge in [0.25, 0.3) is 0 Å². The Morgan fingerprint density at radius 3 is 2.62 bits per heavy atom. The minimum absolute atomic E-state index is 0.00145. The van der Waals surface area contributed by atoms with Gasteiger partial charge in [-0.3, -0.25) is 4.79 Å². The zero-order valence-electron chi connectivity index (χ0n) is 19.7. The number of aliphatic hydroxyl groups excluding tert-OH is 2. The molecule has 0 unspecified atom stereocenters. The Labute approximate surface area is 199 Å². The Hall–Kier alpha value is -3.17. The van der Waals surface area contributed by atoms with Gasteiger partial charge in [-0.25, -0.2) is 9.59 Å². The number of phenols is 1. The van der Waals surface area contributed by atoms with Crippen molar-refractivity contribution in [2.24, 2.45) is 5.92 Å². The third-order valence-corrected chi connectivity index (χ3v) is 5.71. The van der Waals surface area contributed by atoms with E-state index in [1.54, 1.807) is 26.0 Å². The molecule has 1 aliphatic heterocycles. The van der Waals surface area contributed by atoms with E-state index >= 15 is 0 Å². The fourth-order valence-electron chi connectivity index (χ4n) is 3.41. The molecule has 0 fully saturated rings. The van der Waals surface area contributed by atoms with Crippen LogP contribution in [0.3, 0.4) is 0 Å². The lowest BCUT2D eigenvalue weighted by molar-refractivity contribution is -0.127. The molecular weight excluding hydrogens is 442 g/mol. The lowest BCUT2D eigenvalue weighted by Crippen LogP contribution is -2.32. The van der Waals surface area contributed by atoms with E-state index in [1.807, 2.05) is 0 Å². The van der Waals surface area contributed by atoms with E-state index in [-0.39, 0.29) is 30.3 Å². The van der Waals surface area contributed by atoms with Crippen molar-refractivity contribution in [3.05, 3.63) is 47.1 Å². The quantitative estimate of drug-likeness (QED) is 0.376. The Bertz CT molecular complexity index is 939. The van der Waals surface area contributed by atoms with Gasteiger partial charge < -0.3 is 30.1 Å². The van der Waals surface area contributed by atoms with Crippen LogP contribution in [0.1, 0.15) is 54.6 Å². The van der Waals surface area contributed by atoms with Gasteiger partial charge in [-0.05, 0) is 55.9 Å². The first-order valence-electron chi connectivity index (χ1n) is 11.3. The number of esters is 1. The molecule has 0 radical (unpaired) electrons. The van der Waals surface area contributed by atoms with Crippen LogP contribution in [0.5, 0.6) is 5.75 Å². The average molecular weight is 476 g/mol. The average Bonchev–Trinajstić information content (AvgIpc) is 2.81. The number of cyclic esters (lactones) is 1. The van der Waals surface area contributed by atoms with Gasteiger partial charge >= 0.3 is 12.1 Å². The lowest BCUT2D eigenvalue weighted by atomic mass is 9.94. The molecule has 9 nitrogen and oxygen atoms in total. The third-order valence-electron chi connectivity index (χ3n) is 5.71. The fourth-order valence-corrected chi connectivity index (χ4v) is 3.41. The van der Waals surface area contributed by atoms with Gasteiger partial charge in [-0.15, -0.1) is 0 Å². The van der Waals surface area contributed by atoms with Gasteiger partial charge in [-0.2, -0.15) is 0 Å². The maximum atomic E-state index is 13.0. The first-order chi connectivity index (χ1) is 16.1. The molecule has 9 heteroatoms. The Kier molecular flexibility index (Phi) is 10.3. The number of unbranched alkanes of at least 4 members (excludes halogenated alkanes) is 1. The van der Waals surface area contributed by atoms with E-state index in [4.69, 9.17) is 9.47 Å².